The Morgan fingerprint density at radius 3 is 1.33 bits per heavy atom. The molecule has 0 heterocycles. The number of aliphatic hydroxyl groups excluding tert-OH is 3. The fourth-order valence-corrected chi connectivity index (χ4v) is 1.31. The first-order valence-corrected chi connectivity index (χ1v) is 6.53. The van der Waals surface area contributed by atoms with Crippen molar-refractivity contribution in [3.05, 3.63) is 7.05 Å². The van der Waals surface area contributed by atoms with Crippen molar-refractivity contribution < 1.29 is 37.0 Å². The average Bonchev–Trinajstić information content (AvgIpc) is 2.33. The SMILES string of the molecule is CCO.CCO.CCO.[CH2-]NC1CCCCC1.[Ti]. The van der Waals surface area contributed by atoms with Crippen LogP contribution in [0.15, 0.2) is 0 Å². The number of nitrogens with one attached hydrogen (secondary N) is 1. The molecule has 4 N–H and O–H groups in total. The zero-order valence-electron chi connectivity index (χ0n) is 12.3. The second-order valence-electron chi connectivity index (χ2n) is 3.49. The Morgan fingerprint density at radius 1 is 0.889 bits per heavy atom. The monoisotopic (exact) mass is 298 g/mol. The van der Waals surface area contributed by atoms with Gasteiger partial charge in [-0.25, -0.2) is 0 Å². The molecule has 0 unspecified atom stereocenters. The maximum atomic E-state index is 7.57. The van der Waals surface area contributed by atoms with E-state index in [9.17, 15) is 0 Å². The van der Waals surface area contributed by atoms with Crippen LogP contribution in [0.1, 0.15) is 52.9 Å². The maximum Gasteiger partial charge on any atom is 0.0402 e. The molecule has 0 aromatic heterocycles. The first kappa shape index (κ1) is 27.0. The van der Waals surface area contributed by atoms with E-state index in [2.05, 4.69) is 12.4 Å². The minimum atomic E-state index is 0. The van der Waals surface area contributed by atoms with E-state index in [1.54, 1.807) is 20.8 Å². The van der Waals surface area contributed by atoms with Crippen molar-refractivity contribution in [2.45, 2.75) is 58.9 Å². The molecule has 0 atom stereocenters. The van der Waals surface area contributed by atoms with Crippen molar-refractivity contribution in [2.24, 2.45) is 0 Å². The van der Waals surface area contributed by atoms with Gasteiger partial charge >= 0.3 is 0 Å². The predicted octanol–water partition coefficient (Wildman–Crippen LogP) is 1.69. The van der Waals surface area contributed by atoms with Gasteiger partial charge in [0.25, 0.3) is 0 Å². The zero-order valence-corrected chi connectivity index (χ0v) is 13.8. The second kappa shape index (κ2) is 30.5. The van der Waals surface area contributed by atoms with E-state index < -0.39 is 0 Å². The van der Waals surface area contributed by atoms with Gasteiger partial charge in [-0.1, -0.05) is 19.3 Å². The van der Waals surface area contributed by atoms with Gasteiger partial charge < -0.3 is 20.6 Å². The van der Waals surface area contributed by atoms with Crippen LogP contribution in [0.4, 0.5) is 0 Å². The standard InChI is InChI=1S/C7H14N.3C2H6O.Ti/c1-8-7-5-3-2-4-6-7;3*1-2-3;/h7-8H,1-6H2;3*3H,2H2,1H3;/q-1;;;;. The van der Waals surface area contributed by atoms with Gasteiger partial charge in [0.15, 0.2) is 0 Å². The summed E-state index contributed by atoms with van der Waals surface area (Å²) in [5.41, 5.74) is 0. The van der Waals surface area contributed by atoms with Crippen LogP contribution in [0.5, 0.6) is 0 Å². The number of rotatable bonds is 1. The van der Waals surface area contributed by atoms with Crippen LogP contribution < -0.4 is 5.32 Å². The molecule has 0 bridgehead atoms. The van der Waals surface area contributed by atoms with Crippen LogP contribution in [0.25, 0.3) is 0 Å². The fraction of sp³-hybridized carbons (Fsp3) is 0.923. The summed E-state index contributed by atoms with van der Waals surface area (Å²) in [5.74, 6) is 0. The largest absolute Gasteiger partial charge is 0.470 e. The van der Waals surface area contributed by atoms with Crippen LogP contribution in [0.3, 0.4) is 0 Å². The quantitative estimate of drug-likeness (QED) is 0.439. The third-order valence-electron chi connectivity index (χ3n) is 1.89. The van der Waals surface area contributed by atoms with Crippen LogP contribution in [-0.4, -0.2) is 41.2 Å². The van der Waals surface area contributed by atoms with Crippen molar-refractivity contribution in [1.82, 2.24) is 5.32 Å². The zero-order chi connectivity index (χ0) is 13.9. The molecule has 0 saturated heterocycles. The minimum Gasteiger partial charge on any atom is -0.470 e. The van der Waals surface area contributed by atoms with Crippen LogP contribution in [0, 0.1) is 7.05 Å². The van der Waals surface area contributed by atoms with Gasteiger partial charge in [-0.2, -0.15) is 0 Å². The summed E-state index contributed by atoms with van der Waals surface area (Å²) in [7, 11) is 3.66. The normalized spacial score (nSPS) is 13.5. The smallest absolute Gasteiger partial charge is 0.0402 e. The molecule has 1 fully saturated rings. The summed E-state index contributed by atoms with van der Waals surface area (Å²) in [6, 6.07) is 0.726. The van der Waals surface area contributed by atoms with Gasteiger partial charge in [-0.05, 0) is 39.7 Å². The van der Waals surface area contributed by atoms with E-state index >= 15 is 0 Å². The molecule has 1 saturated carbocycles. The van der Waals surface area contributed by atoms with E-state index in [1.165, 1.54) is 32.1 Å². The molecule has 0 aromatic rings. The number of aliphatic hydroxyl groups is 3. The number of hydrogen-bond acceptors (Lipinski definition) is 4. The van der Waals surface area contributed by atoms with Gasteiger partial charge in [0.05, 0.1) is 0 Å². The Balaban J connectivity index is -0.0000000840. The number of hydrogen-bond donors (Lipinski definition) is 4. The first-order valence-electron chi connectivity index (χ1n) is 6.53. The molecule has 112 valence electrons. The Bertz CT molecular complexity index is 97.5. The average molecular weight is 298 g/mol. The maximum absolute atomic E-state index is 7.57. The molecule has 18 heavy (non-hydrogen) atoms. The van der Waals surface area contributed by atoms with Crippen molar-refractivity contribution in [3.8, 4) is 0 Å². The molecular weight excluding hydrogens is 266 g/mol. The molecule has 4 nitrogen and oxygen atoms in total. The predicted molar refractivity (Wildman–Crippen MR) is 73.6 cm³/mol. The Kier molecular flexibility index (Phi) is 45.8. The Morgan fingerprint density at radius 2 is 1.17 bits per heavy atom. The van der Waals surface area contributed by atoms with Crippen molar-refractivity contribution in [1.29, 1.82) is 0 Å². The minimum absolute atomic E-state index is 0. The molecule has 0 radical (unpaired) electrons. The molecule has 0 aliphatic heterocycles. The molecule has 0 amide bonds. The van der Waals surface area contributed by atoms with E-state index in [-0.39, 0.29) is 41.5 Å². The molecule has 5 heteroatoms. The molecule has 1 rings (SSSR count). The van der Waals surface area contributed by atoms with Gasteiger partial charge in [0, 0.05) is 41.5 Å². The Hall–Kier alpha value is 0.554. The van der Waals surface area contributed by atoms with Crippen molar-refractivity contribution >= 4 is 0 Å². The summed E-state index contributed by atoms with van der Waals surface area (Å²) in [5, 5.41) is 25.8. The summed E-state index contributed by atoms with van der Waals surface area (Å²) in [6.45, 7) is 5.79. The van der Waals surface area contributed by atoms with Gasteiger partial charge in [0.2, 0.25) is 0 Å². The van der Waals surface area contributed by atoms with E-state index in [4.69, 9.17) is 15.3 Å². The van der Waals surface area contributed by atoms with Gasteiger partial charge in [0.1, 0.15) is 0 Å². The van der Waals surface area contributed by atoms with Crippen LogP contribution in [0.2, 0.25) is 0 Å². The molecular formula is C13H32NO3Ti-. The van der Waals surface area contributed by atoms with Crippen LogP contribution in [-0.2, 0) is 21.7 Å². The topological polar surface area (TPSA) is 72.7 Å². The molecule has 1 aliphatic carbocycles. The van der Waals surface area contributed by atoms with Crippen molar-refractivity contribution in [2.75, 3.05) is 19.8 Å². The van der Waals surface area contributed by atoms with E-state index in [0.717, 1.165) is 6.04 Å². The van der Waals surface area contributed by atoms with Gasteiger partial charge in [-0.15, -0.1) is 0 Å². The summed E-state index contributed by atoms with van der Waals surface area (Å²) < 4.78 is 0. The second-order valence-corrected chi connectivity index (χ2v) is 3.49. The first-order chi connectivity index (χ1) is 8.17. The Labute approximate surface area is 128 Å². The molecule has 1 aliphatic rings. The van der Waals surface area contributed by atoms with E-state index in [1.807, 2.05) is 0 Å². The summed E-state index contributed by atoms with van der Waals surface area (Å²) >= 11 is 0. The van der Waals surface area contributed by atoms with Gasteiger partial charge in [-0.3, -0.25) is 7.05 Å². The van der Waals surface area contributed by atoms with Crippen LogP contribution >= 0.6 is 0 Å². The molecule has 0 aromatic carbocycles. The summed E-state index contributed by atoms with van der Waals surface area (Å²) in [6.07, 6.45) is 6.89. The third kappa shape index (κ3) is 36.0. The fourth-order valence-electron chi connectivity index (χ4n) is 1.31. The third-order valence-corrected chi connectivity index (χ3v) is 1.89. The van der Waals surface area contributed by atoms with Crippen molar-refractivity contribution in [3.63, 3.8) is 0 Å². The molecule has 0 spiro atoms. The van der Waals surface area contributed by atoms with E-state index in [0.29, 0.717) is 0 Å². The summed E-state index contributed by atoms with van der Waals surface area (Å²) in [4.78, 5) is 0.